The van der Waals surface area contributed by atoms with E-state index in [-0.39, 0.29) is 18.0 Å². The van der Waals surface area contributed by atoms with E-state index in [4.69, 9.17) is 22.1 Å². The smallest absolute Gasteiger partial charge is 0.147 e. The van der Waals surface area contributed by atoms with Gasteiger partial charge < -0.3 is 15.0 Å². The maximum atomic E-state index is 12.1. The third-order valence-electron chi connectivity index (χ3n) is 7.92. The molecule has 2 N–H and O–H groups in total. The lowest BCUT2D eigenvalue weighted by molar-refractivity contribution is -0.119. The number of ether oxygens (including phenoxy) is 1. The summed E-state index contributed by atoms with van der Waals surface area (Å²) in [7, 11) is 2.15. The van der Waals surface area contributed by atoms with Crippen molar-refractivity contribution >= 4 is 34.2 Å². The minimum atomic E-state index is 0.0944. The summed E-state index contributed by atoms with van der Waals surface area (Å²) in [6.07, 6.45) is 5.42. The van der Waals surface area contributed by atoms with Crippen molar-refractivity contribution in [1.82, 2.24) is 24.3 Å². The van der Waals surface area contributed by atoms with Crippen LogP contribution in [0.4, 0.5) is 5.82 Å². The molecule has 1 saturated heterocycles. The van der Waals surface area contributed by atoms with Crippen LogP contribution in [-0.2, 0) is 4.79 Å². The van der Waals surface area contributed by atoms with E-state index in [1.54, 1.807) is 6.92 Å². The van der Waals surface area contributed by atoms with Crippen molar-refractivity contribution in [3.63, 3.8) is 0 Å². The second-order valence-corrected chi connectivity index (χ2v) is 11.0. The molecule has 0 bridgehead atoms. The Morgan fingerprint density at radius 1 is 1.10 bits per heavy atom. The predicted molar refractivity (Wildman–Crippen MR) is 154 cm³/mol. The zero-order chi connectivity index (χ0) is 27.1. The molecule has 0 amide bonds. The molecular weight excluding hydrogens is 512 g/mol. The molecule has 3 heterocycles. The molecular formula is C30H33ClN6O2. The highest BCUT2D eigenvalue weighted by Crippen LogP contribution is 2.43. The molecule has 9 heteroatoms. The molecule has 0 radical (unpaired) electrons. The van der Waals surface area contributed by atoms with Gasteiger partial charge >= 0.3 is 0 Å². The van der Waals surface area contributed by atoms with Crippen molar-refractivity contribution in [2.24, 2.45) is 0 Å². The maximum Gasteiger partial charge on any atom is 0.147 e. The molecule has 1 unspecified atom stereocenters. The SMILES string of the molecule is CC(=O)C[C@H](N1CCC(n2c(Cl)c(-c3ccc(Oc4ccccc4)cc3)c3c(N)ncnc32)C1)N(C)C1CC1. The van der Waals surface area contributed by atoms with E-state index in [1.165, 1.54) is 19.2 Å². The number of benzene rings is 2. The molecule has 4 aromatic rings. The number of rotatable bonds is 9. The van der Waals surface area contributed by atoms with Gasteiger partial charge in [0.25, 0.3) is 0 Å². The summed E-state index contributed by atoms with van der Waals surface area (Å²) in [5, 5.41) is 1.35. The summed E-state index contributed by atoms with van der Waals surface area (Å²) in [6.45, 7) is 3.35. The Morgan fingerprint density at radius 3 is 2.51 bits per heavy atom. The Bertz CT molecular complexity index is 1490. The predicted octanol–water partition coefficient (Wildman–Crippen LogP) is 5.77. The Kier molecular flexibility index (Phi) is 7.01. The van der Waals surface area contributed by atoms with Crippen molar-refractivity contribution in [2.75, 3.05) is 25.9 Å². The number of nitrogens with zero attached hydrogens (tertiary/aromatic N) is 5. The molecule has 2 aliphatic rings. The minimum absolute atomic E-state index is 0.0944. The third-order valence-corrected chi connectivity index (χ3v) is 8.29. The number of carbonyl (C=O) groups is 1. The van der Waals surface area contributed by atoms with Crippen molar-refractivity contribution in [2.45, 2.75) is 50.9 Å². The molecule has 1 aliphatic carbocycles. The second kappa shape index (κ2) is 10.6. The number of para-hydroxylation sites is 1. The third kappa shape index (κ3) is 5.12. The average Bonchev–Trinajstić information content (AvgIpc) is 3.60. The van der Waals surface area contributed by atoms with Crippen LogP contribution in [0.1, 0.15) is 38.6 Å². The molecule has 39 heavy (non-hydrogen) atoms. The van der Waals surface area contributed by atoms with Crippen LogP contribution < -0.4 is 10.5 Å². The van der Waals surface area contributed by atoms with E-state index in [9.17, 15) is 4.79 Å². The number of hydrogen-bond acceptors (Lipinski definition) is 7. The van der Waals surface area contributed by atoms with Crippen LogP contribution in [0.3, 0.4) is 0 Å². The Balaban J connectivity index is 1.32. The lowest BCUT2D eigenvalue weighted by atomic mass is 10.1. The van der Waals surface area contributed by atoms with Crippen LogP contribution in [0.15, 0.2) is 60.9 Å². The molecule has 8 nitrogen and oxygen atoms in total. The highest BCUT2D eigenvalue weighted by molar-refractivity contribution is 6.35. The Morgan fingerprint density at radius 2 is 1.82 bits per heavy atom. The maximum absolute atomic E-state index is 12.1. The number of fused-ring (bicyclic) bond motifs is 1. The Hall–Kier alpha value is -3.46. The first-order valence-corrected chi connectivity index (χ1v) is 13.9. The van der Waals surface area contributed by atoms with Crippen molar-refractivity contribution < 1.29 is 9.53 Å². The van der Waals surface area contributed by atoms with Gasteiger partial charge in [0, 0.05) is 31.1 Å². The topological polar surface area (TPSA) is 89.5 Å². The van der Waals surface area contributed by atoms with Gasteiger partial charge in [0.1, 0.15) is 40.2 Å². The van der Waals surface area contributed by atoms with Crippen LogP contribution in [0.2, 0.25) is 5.15 Å². The quantitative estimate of drug-likeness (QED) is 0.286. The second-order valence-electron chi connectivity index (χ2n) is 10.7. The summed E-state index contributed by atoms with van der Waals surface area (Å²) in [4.78, 5) is 25.9. The number of aromatic nitrogens is 3. The zero-order valence-corrected chi connectivity index (χ0v) is 23.0. The van der Waals surface area contributed by atoms with Crippen LogP contribution in [-0.4, -0.2) is 62.5 Å². The normalized spacial score (nSPS) is 18.6. The zero-order valence-electron chi connectivity index (χ0n) is 22.3. The monoisotopic (exact) mass is 544 g/mol. The van der Waals surface area contributed by atoms with Crippen molar-refractivity contribution in [1.29, 1.82) is 0 Å². The van der Waals surface area contributed by atoms with Gasteiger partial charge in [-0.1, -0.05) is 41.9 Å². The summed E-state index contributed by atoms with van der Waals surface area (Å²) in [6, 6.07) is 18.2. The molecule has 0 spiro atoms. The highest BCUT2D eigenvalue weighted by Gasteiger charge is 2.39. The van der Waals surface area contributed by atoms with E-state index in [0.29, 0.717) is 23.4 Å². The van der Waals surface area contributed by atoms with Crippen molar-refractivity contribution in [3.8, 4) is 22.6 Å². The highest BCUT2D eigenvalue weighted by atomic mass is 35.5. The molecule has 1 aliphatic heterocycles. The van der Waals surface area contributed by atoms with Gasteiger partial charge in [-0.25, -0.2) is 9.97 Å². The molecule has 6 rings (SSSR count). The van der Waals surface area contributed by atoms with E-state index < -0.39 is 0 Å². The van der Waals surface area contributed by atoms with Gasteiger partial charge in [0.05, 0.1) is 17.6 Å². The lowest BCUT2D eigenvalue weighted by Gasteiger charge is -2.35. The summed E-state index contributed by atoms with van der Waals surface area (Å²) >= 11 is 7.17. The van der Waals surface area contributed by atoms with Gasteiger partial charge in [0.2, 0.25) is 0 Å². The van der Waals surface area contributed by atoms with Gasteiger partial charge in [0.15, 0.2) is 0 Å². The fourth-order valence-corrected chi connectivity index (χ4v) is 6.22. The summed E-state index contributed by atoms with van der Waals surface area (Å²) in [5.41, 5.74) is 8.89. The number of nitrogens with two attached hydrogens (primary N) is 1. The fourth-order valence-electron chi connectivity index (χ4n) is 5.80. The Labute approximate surface area is 233 Å². The van der Waals surface area contributed by atoms with Gasteiger partial charge in [-0.05, 0) is 63.1 Å². The number of anilines is 1. The van der Waals surface area contributed by atoms with E-state index >= 15 is 0 Å². The first kappa shape index (κ1) is 25.8. The molecule has 2 fully saturated rings. The number of Topliss-reactive ketones (excluding diaryl/α,β-unsaturated/α-hetero) is 1. The standard InChI is InChI=1S/C30H33ClN6O2/c1-19(38)16-25(35(2)21-10-11-21)36-15-14-22(17-36)37-28(31)26(27-29(32)33-18-34-30(27)37)20-8-12-24(13-9-20)39-23-6-4-3-5-7-23/h3-9,12-13,18,21-22,25H,10-11,14-17H2,1-2H3,(H2,32,33,34)/t22?,25-/m0/s1. The number of halogens is 1. The number of likely N-dealkylation sites (tertiary alicyclic amines) is 1. The molecule has 1 saturated carbocycles. The molecule has 2 aromatic heterocycles. The fraction of sp³-hybridized carbons (Fsp3) is 0.367. The first-order chi connectivity index (χ1) is 18.9. The molecule has 202 valence electrons. The number of nitrogen functional groups attached to an aromatic ring is 1. The van der Waals surface area contributed by atoms with Crippen molar-refractivity contribution in [3.05, 3.63) is 66.1 Å². The van der Waals surface area contributed by atoms with Crippen LogP contribution in [0, 0.1) is 0 Å². The molecule has 2 aromatic carbocycles. The first-order valence-electron chi connectivity index (χ1n) is 13.5. The summed E-state index contributed by atoms with van der Waals surface area (Å²) in [5.74, 6) is 2.12. The van der Waals surface area contributed by atoms with Crippen LogP contribution >= 0.6 is 11.6 Å². The largest absolute Gasteiger partial charge is 0.457 e. The summed E-state index contributed by atoms with van der Waals surface area (Å²) < 4.78 is 8.09. The number of ketones is 1. The lowest BCUT2D eigenvalue weighted by Crippen LogP contribution is -2.47. The van der Waals surface area contributed by atoms with Crippen LogP contribution in [0.25, 0.3) is 22.2 Å². The van der Waals surface area contributed by atoms with Gasteiger partial charge in [-0.2, -0.15) is 0 Å². The van der Waals surface area contributed by atoms with E-state index in [1.807, 2.05) is 54.6 Å². The minimum Gasteiger partial charge on any atom is -0.457 e. The van der Waals surface area contributed by atoms with Crippen LogP contribution in [0.5, 0.6) is 11.5 Å². The van der Waals surface area contributed by atoms with Gasteiger partial charge in [-0.3, -0.25) is 14.6 Å². The molecule has 2 atom stereocenters. The van der Waals surface area contributed by atoms with E-state index in [2.05, 4.69) is 31.4 Å². The number of carbonyl (C=O) groups excluding carboxylic acids is 1. The van der Waals surface area contributed by atoms with E-state index in [0.717, 1.165) is 53.2 Å². The van der Waals surface area contributed by atoms with Gasteiger partial charge in [-0.15, -0.1) is 0 Å². The average molecular weight is 545 g/mol. The number of hydrogen-bond donors (Lipinski definition) is 1.